The van der Waals surface area contributed by atoms with Gasteiger partial charge < -0.3 is 0 Å². The number of benzene rings is 1. The molecule has 3 rings (SSSR count). The van der Waals surface area contributed by atoms with Gasteiger partial charge in [0.15, 0.2) is 5.78 Å². The van der Waals surface area contributed by atoms with Crippen molar-refractivity contribution in [3.05, 3.63) is 71.5 Å². The molecule has 0 amide bonds. The van der Waals surface area contributed by atoms with E-state index in [0.29, 0.717) is 11.1 Å². The second-order valence-corrected chi connectivity index (χ2v) is 4.29. The molecule has 0 aliphatic carbocycles. The third-order valence-electron chi connectivity index (χ3n) is 2.94. The molecule has 0 N–H and O–H groups in total. The Balaban J connectivity index is 2.13. The predicted octanol–water partition coefficient (Wildman–Crippen LogP) is 2.87. The minimum atomic E-state index is 0.00875. The molecule has 3 nitrogen and oxygen atoms in total. The Labute approximate surface area is 105 Å². The summed E-state index contributed by atoms with van der Waals surface area (Å²) in [6, 6.07) is 13.2. The molecule has 0 saturated heterocycles. The number of hydrogen-bond acceptors (Lipinski definition) is 2. The Hall–Kier alpha value is -2.42. The summed E-state index contributed by atoms with van der Waals surface area (Å²) in [7, 11) is 0. The van der Waals surface area contributed by atoms with Crippen LogP contribution in [0.15, 0.2) is 54.9 Å². The van der Waals surface area contributed by atoms with Crippen LogP contribution in [0.4, 0.5) is 0 Å². The van der Waals surface area contributed by atoms with Gasteiger partial charge in [-0.25, -0.2) is 4.52 Å². The van der Waals surface area contributed by atoms with E-state index in [1.165, 1.54) is 0 Å². The molecule has 0 saturated carbocycles. The quantitative estimate of drug-likeness (QED) is 0.641. The smallest absolute Gasteiger partial charge is 0.196 e. The van der Waals surface area contributed by atoms with Gasteiger partial charge in [0.1, 0.15) is 0 Å². The summed E-state index contributed by atoms with van der Waals surface area (Å²) in [6.45, 7) is 2.00. The van der Waals surface area contributed by atoms with E-state index in [1.54, 1.807) is 10.7 Å². The molecule has 88 valence electrons. The summed E-state index contributed by atoms with van der Waals surface area (Å²) in [5, 5.41) is 4.22. The van der Waals surface area contributed by atoms with E-state index in [0.717, 1.165) is 11.1 Å². The van der Waals surface area contributed by atoms with Gasteiger partial charge in [0, 0.05) is 11.8 Å². The first-order valence-electron chi connectivity index (χ1n) is 5.79. The highest BCUT2D eigenvalue weighted by atomic mass is 16.1. The van der Waals surface area contributed by atoms with Crippen LogP contribution in [0.1, 0.15) is 21.5 Å². The maximum atomic E-state index is 12.4. The normalized spacial score (nSPS) is 10.7. The maximum Gasteiger partial charge on any atom is 0.196 e. The molecule has 0 radical (unpaired) electrons. The van der Waals surface area contributed by atoms with Crippen LogP contribution in [0.5, 0.6) is 0 Å². The van der Waals surface area contributed by atoms with Crippen LogP contribution >= 0.6 is 0 Å². The van der Waals surface area contributed by atoms with Crippen LogP contribution in [0.2, 0.25) is 0 Å². The van der Waals surface area contributed by atoms with Crippen molar-refractivity contribution in [2.75, 3.05) is 0 Å². The van der Waals surface area contributed by atoms with Gasteiger partial charge in [0.05, 0.1) is 17.3 Å². The lowest BCUT2D eigenvalue weighted by atomic mass is 10.0. The standard InChI is InChI=1S/C15H12N2O/c1-11-7-8-14-13(9-16-17(14)10-11)15(18)12-5-3-2-4-6-12/h2-10H,1H3. The second kappa shape index (κ2) is 4.11. The molecule has 2 heterocycles. The number of pyridine rings is 1. The first kappa shape index (κ1) is 10.7. The Morgan fingerprint density at radius 1 is 1.11 bits per heavy atom. The van der Waals surface area contributed by atoms with E-state index >= 15 is 0 Å². The first-order chi connectivity index (χ1) is 8.75. The summed E-state index contributed by atoms with van der Waals surface area (Å²) in [6.07, 6.45) is 3.54. The van der Waals surface area contributed by atoms with E-state index in [1.807, 2.05) is 55.6 Å². The number of fused-ring (bicyclic) bond motifs is 1. The number of aryl methyl sites for hydroxylation is 1. The fraction of sp³-hybridized carbons (Fsp3) is 0.0667. The van der Waals surface area contributed by atoms with Crippen molar-refractivity contribution in [2.24, 2.45) is 0 Å². The molecule has 2 aromatic heterocycles. The van der Waals surface area contributed by atoms with Crippen molar-refractivity contribution in [1.82, 2.24) is 9.61 Å². The van der Waals surface area contributed by atoms with Gasteiger partial charge in [0.25, 0.3) is 0 Å². The van der Waals surface area contributed by atoms with Gasteiger partial charge in [-0.3, -0.25) is 4.79 Å². The van der Waals surface area contributed by atoms with Crippen LogP contribution in [-0.4, -0.2) is 15.4 Å². The molecule has 0 atom stereocenters. The number of aromatic nitrogens is 2. The predicted molar refractivity (Wildman–Crippen MR) is 69.8 cm³/mol. The maximum absolute atomic E-state index is 12.4. The molecule has 1 aromatic carbocycles. The molecule has 0 spiro atoms. The third-order valence-corrected chi connectivity index (χ3v) is 2.94. The Morgan fingerprint density at radius 2 is 1.89 bits per heavy atom. The SMILES string of the molecule is Cc1ccc2c(C(=O)c3ccccc3)cnn2c1. The monoisotopic (exact) mass is 236 g/mol. The van der Waals surface area contributed by atoms with Crippen molar-refractivity contribution in [2.45, 2.75) is 6.92 Å². The molecule has 0 unspecified atom stereocenters. The molecule has 0 aliphatic heterocycles. The zero-order valence-corrected chi connectivity index (χ0v) is 10.00. The Kier molecular flexibility index (Phi) is 2.45. The number of nitrogens with zero attached hydrogens (tertiary/aromatic N) is 2. The van der Waals surface area contributed by atoms with Gasteiger partial charge in [0.2, 0.25) is 0 Å². The lowest BCUT2D eigenvalue weighted by molar-refractivity contribution is 0.104. The van der Waals surface area contributed by atoms with Crippen molar-refractivity contribution in [3.8, 4) is 0 Å². The minimum absolute atomic E-state index is 0.00875. The van der Waals surface area contributed by atoms with Crippen molar-refractivity contribution in [1.29, 1.82) is 0 Å². The van der Waals surface area contributed by atoms with Crippen LogP contribution < -0.4 is 0 Å². The molecule has 0 bridgehead atoms. The average Bonchev–Trinajstić information content (AvgIpc) is 2.81. The molecule has 0 aliphatic rings. The van der Waals surface area contributed by atoms with Crippen LogP contribution in [0, 0.1) is 6.92 Å². The summed E-state index contributed by atoms with van der Waals surface area (Å²) in [4.78, 5) is 12.4. The fourth-order valence-corrected chi connectivity index (χ4v) is 2.01. The summed E-state index contributed by atoms with van der Waals surface area (Å²) in [5.41, 5.74) is 3.29. The van der Waals surface area contributed by atoms with Gasteiger partial charge in [-0.05, 0) is 18.6 Å². The van der Waals surface area contributed by atoms with Crippen LogP contribution in [-0.2, 0) is 0 Å². The van der Waals surface area contributed by atoms with E-state index in [9.17, 15) is 4.79 Å². The Morgan fingerprint density at radius 3 is 2.67 bits per heavy atom. The van der Waals surface area contributed by atoms with Crippen molar-refractivity contribution in [3.63, 3.8) is 0 Å². The number of hydrogen-bond donors (Lipinski definition) is 0. The molecule has 3 heteroatoms. The highest BCUT2D eigenvalue weighted by Crippen LogP contribution is 2.16. The topological polar surface area (TPSA) is 34.4 Å². The van der Waals surface area contributed by atoms with Gasteiger partial charge in [-0.2, -0.15) is 5.10 Å². The Bertz CT molecular complexity index is 714. The number of carbonyl (C=O) groups is 1. The zero-order valence-electron chi connectivity index (χ0n) is 10.00. The van der Waals surface area contributed by atoms with Gasteiger partial charge in [-0.1, -0.05) is 36.4 Å². The largest absolute Gasteiger partial charge is 0.288 e. The van der Waals surface area contributed by atoms with E-state index < -0.39 is 0 Å². The highest BCUT2D eigenvalue weighted by Gasteiger charge is 2.14. The molecule has 3 aromatic rings. The number of rotatable bonds is 2. The van der Waals surface area contributed by atoms with Crippen molar-refractivity contribution >= 4 is 11.3 Å². The number of ketones is 1. The van der Waals surface area contributed by atoms with Gasteiger partial charge in [-0.15, -0.1) is 0 Å². The molecular formula is C15H12N2O. The lowest BCUT2D eigenvalue weighted by Crippen LogP contribution is -2.00. The van der Waals surface area contributed by atoms with E-state index in [2.05, 4.69) is 5.10 Å². The van der Waals surface area contributed by atoms with E-state index in [-0.39, 0.29) is 5.78 Å². The summed E-state index contributed by atoms with van der Waals surface area (Å²) in [5.74, 6) is 0.00875. The summed E-state index contributed by atoms with van der Waals surface area (Å²) < 4.78 is 1.74. The molecule has 0 fully saturated rings. The fourth-order valence-electron chi connectivity index (χ4n) is 2.01. The second-order valence-electron chi connectivity index (χ2n) is 4.29. The minimum Gasteiger partial charge on any atom is -0.288 e. The number of carbonyl (C=O) groups excluding carboxylic acids is 1. The van der Waals surface area contributed by atoms with Crippen LogP contribution in [0.3, 0.4) is 0 Å². The van der Waals surface area contributed by atoms with Crippen molar-refractivity contribution < 1.29 is 4.79 Å². The first-order valence-corrected chi connectivity index (χ1v) is 5.79. The van der Waals surface area contributed by atoms with Crippen LogP contribution in [0.25, 0.3) is 5.52 Å². The average molecular weight is 236 g/mol. The third kappa shape index (κ3) is 1.70. The zero-order chi connectivity index (χ0) is 12.5. The summed E-state index contributed by atoms with van der Waals surface area (Å²) >= 11 is 0. The lowest BCUT2D eigenvalue weighted by Gasteiger charge is -2.00. The molecular weight excluding hydrogens is 224 g/mol. The molecule has 18 heavy (non-hydrogen) atoms. The van der Waals surface area contributed by atoms with E-state index in [4.69, 9.17) is 0 Å². The highest BCUT2D eigenvalue weighted by molar-refractivity contribution is 6.12. The van der Waals surface area contributed by atoms with Gasteiger partial charge >= 0.3 is 0 Å².